The van der Waals surface area contributed by atoms with Gasteiger partial charge < -0.3 is 0 Å². The first-order valence-electron chi connectivity index (χ1n) is 2.10. The van der Waals surface area contributed by atoms with Gasteiger partial charge in [-0.15, -0.1) is 11.3 Å². The largest absolute Gasteiger partial charge is 0.252 e. The maximum atomic E-state index is 6.87. The molecule has 1 rings (SSSR count). The van der Waals surface area contributed by atoms with Crippen LogP contribution in [0.3, 0.4) is 0 Å². The van der Waals surface area contributed by atoms with Crippen molar-refractivity contribution >= 4 is 11.3 Å². The summed E-state index contributed by atoms with van der Waals surface area (Å²) in [7, 11) is 0. The van der Waals surface area contributed by atoms with E-state index in [2.05, 4.69) is 0 Å². The maximum Gasteiger partial charge on any atom is 0.0445 e. The van der Waals surface area contributed by atoms with E-state index in [1.165, 1.54) is 0 Å². The second-order valence-corrected chi connectivity index (χ2v) is 2.29. The van der Waals surface area contributed by atoms with E-state index in [1.54, 1.807) is 11.3 Å². The molecule has 0 saturated heterocycles. The van der Waals surface area contributed by atoms with Crippen molar-refractivity contribution in [2.45, 2.75) is 6.54 Å². The van der Waals surface area contributed by atoms with Crippen LogP contribution in [-0.2, 0) is 6.54 Å². The minimum atomic E-state index is 0.428. The zero-order valence-corrected chi connectivity index (χ0v) is 4.66. The van der Waals surface area contributed by atoms with E-state index in [4.69, 9.17) is 5.73 Å². The van der Waals surface area contributed by atoms with Gasteiger partial charge in [0.25, 0.3) is 0 Å². The molecule has 0 unspecified atom stereocenters. The third kappa shape index (κ3) is 1.01. The summed E-state index contributed by atoms with van der Waals surface area (Å²) in [6.07, 6.45) is 0. The van der Waals surface area contributed by atoms with Crippen LogP contribution in [0.2, 0.25) is 0 Å². The highest BCUT2D eigenvalue weighted by Gasteiger charge is 1.83. The Kier molecular flexibility index (Phi) is 1.44. The van der Waals surface area contributed by atoms with E-state index in [1.807, 2.05) is 17.5 Å². The lowest BCUT2D eigenvalue weighted by Gasteiger charge is -1.78. The van der Waals surface area contributed by atoms with Crippen LogP contribution < -0.4 is 5.73 Å². The number of thiophene rings is 1. The molecule has 1 N–H and O–H groups in total. The molecule has 1 heterocycles. The molecular formula is C5H6NS. The molecular weight excluding hydrogens is 106 g/mol. The van der Waals surface area contributed by atoms with Gasteiger partial charge in [-0.25, -0.2) is 0 Å². The van der Waals surface area contributed by atoms with Gasteiger partial charge in [0.15, 0.2) is 0 Å². The molecule has 37 valence electrons. The molecule has 2 heteroatoms. The van der Waals surface area contributed by atoms with Gasteiger partial charge in [-0.1, -0.05) is 6.07 Å². The standard InChI is InChI=1S/C5H6NS/c6-4-5-2-1-3-7-5/h1-3,6H,4H2. The zero-order valence-electron chi connectivity index (χ0n) is 3.85. The first-order chi connectivity index (χ1) is 3.43. The van der Waals surface area contributed by atoms with E-state index >= 15 is 0 Å². The Morgan fingerprint density at radius 3 is 2.86 bits per heavy atom. The number of nitrogens with one attached hydrogen (secondary N) is 1. The van der Waals surface area contributed by atoms with Gasteiger partial charge in [-0.05, 0) is 11.4 Å². The van der Waals surface area contributed by atoms with Gasteiger partial charge in [0, 0.05) is 11.4 Å². The van der Waals surface area contributed by atoms with E-state index in [0.717, 1.165) is 4.88 Å². The molecule has 1 radical (unpaired) electrons. The number of hydrogen-bond donors (Lipinski definition) is 0. The SMILES string of the molecule is [NH]Cc1cccs1. The molecule has 0 bridgehead atoms. The topological polar surface area (TPSA) is 23.8 Å². The normalized spacial score (nSPS) is 9.29. The molecule has 0 spiro atoms. The Morgan fingerprint density at radius 2 is 2.57 bits per heavy atom. The van der Waals surface area contributed by atoms with Crippen LogP contribution in [0.5, 0.6) is 0 Å². The quantitative estimate of drug-likeness (QED) is 0.526. The van der Waals surface area contributed by atoms with Crippen molar-refractivity contribution in [3.05, 3.63) is 22.4 Å². The molecule has 0 saturated carbocycles. The number of hydrogen-bond acceptors (Lipinski definition) is 1. The highest BCUT2D eigenvalue weighted by molar-refractivity contribution is 7.09. The highest BCUT2D eigenvalue weighted by atomic mass is 32.1. The van der Waals surface area contributed by atoms with Crippen molar-refractivity contribution in [1.82, 2.24) is 5.73 Å². The van der Waals surface area contributed by atoms with E-state index < -0.39 is 0 Å². The molecule has 0 fully saturated rings. The second-order valence-electron chi connectivity index (χ2n) is 1.26. The molecule has 1 nitrogen and oxygen atoms in total. The fourth-order valence-corrected chi connectivity index (χ4v) is 0.986. The Hall–Kier alpha value is -0.340. The first-order valence-corrected chi connectivity index (χ1v) is 2.98. The molecule has 1 aromatic heterocycles. The van der Waals surface area contributed by atoms with Crippen molar-refractivity contribution in [2.24, 2.45) is 0 Å². The lowest BCUT2D eigenvalue weighted by molar-refractivity contribution is 1.06. The highest BCUT2D eigenvalue weighted by Crippen LogP contribution is 2.05. The summed E-state index contributed by atoms with van der Waals surface area (Å²) in [6, 6.07) is 3.94. The molecule has 0 aromatic carbocycles. The van der Waals surface area contributed by atoms with Crippen LogP contribution in [-0.4, -0.2) is 0 Å². The van der Waals surface area contributed by atoms with Crippen LogP contribution >= 0.6 is 11.3 Å². The monoisotopic (exact) mass is 112 g/mol. The van der Waals surface area contributed by atoms with E-state index in [9.17, 15) is 0 Å². The fraction of sp³-hybridized carbons (Fsp3) is 0.200. The van der Waals surface area contributed by atoms with Crippen molar-refractivity contribution in [1.29, 1.82) is 0 Å². The summed E-state index contributed by atoms with van der Waals surface area (Å²) in [5.41, 5.74) is 6.87. The van der Waals surface area contributed by atoms with Gasteiger partial charge >= 0.3 is 0 Å². The maximum absolute atomic E-state index is 6.87. The Morgan fingerprint density at radius 1 is 1.71 bits per heavy atom. The van der Waals surface area contributed by atoms with Crippen LogP contribution in [0.15, 0.2) is 17.5 Å². The predicted octanol–water partition coefficient (Wildman–Crippen LogP) is 1.53. The van der Waals surface area contributed by atoms with Crippen molar-refractivity contribution in [3.8, 4) is 0 Å². The summed E-state index contributed by atoms with van der Waals surface area (Å²) < 4.78 is 0. The van der Waals surface area contributed by atoms with Gasteiger partial charge in [-0.3, -0.25) is 5.73 Å². The summed E-state index contributed by atoms with van der Waals surface area (Å²) in [5.74, 6) is 0. The molecule has 0 amide bonds. The Labute approximate surface area is 46.8 Å². The fourth-order valence-electron chi connectivity index (χ4n) is 0.413. The van der Waals surface area contributed by atoms with Gasteiger partial charge in [0.1, 0.15) is 0 Å². The third-order valence-corrected chi connectivity index (χ3v) is 1.63. The van der Waals surface area contributed by atoms with Crippen LogP contribution in [0.25, 0.3) is 0 Å². The van der Waals surface area contributed by atoms with Gasteiger partial charge in [0.2, 0.25) is 0 Å². The third-order valence-electron chi connectivity index (χ3n) is 0.754. The van der Waals surface area contributed by atoms with Crippen LogP contribution in [0.4, 0.5) is 0 Å². The Balaban J connectivity index is 2.76. The molecule has 0 atom stereocenters. The predicted molar refractivity (Wildman–Crippen MR) is 31.1 cm³/mol. The summed E-state index contributed by atoms with van der Waals surface area (Å²) in [5, 5.41) is 1.99. The number of rotatable bonds is 1. The van der Waals surface area contributed by atoms with Gasteiger partial charge in [0.05, 0.1) is 0 Å². The summed E-state index contributed by atoms with van der Waals surface area (Å²) in [6.45, 7) is 0.428. The average molecular weight is 112 g/mol. The minimum Gasteiger partial charge on any atom is -0.252 e. The van der Waals surface area contributed by atoms with Crippen LogP contribution in [0, 0.1) is 0 Å². The minimum absolute atomic E-state index is 0.428. The summed E-state index contributed by atoms with van der Waals surface area (Å²) in [4.78, 5) is 1.14. The lowest BCUT2D eigenvalue weighted by Crippen LogP contribution is -1.73. The van der Waals surface area contributed by atoms with E-state index in [0.29, 0.717) is 6.54 Å². The lowest BCUT2D eigenvalue weighted by atomic mass is 10.5. The first kappa shape index (κ1) is 4.81. The molecule has 0 aliphatic rings. The molecule has 7 heavy (non-hydrogen) atoms. The summed E-state index contributed by atoms with van der Waals surface area (Å²) >= 11 is 1.64. The van der Waals surface area contributed by atoms with Crippen molar-refractivity contribution < 1.29 is 0 Å². The van der Waals surface area contributed by atoms with Gasteiger partial charge in [-0.2, -0.15) is 0 Å². The molecule has 1 aromatic rings. The second kappa shape index (κ2) is 2.09. The zero-order chi connectivity index (χ0) is 5.11. The van der Waals surface area contributed by atoms with Crippen molar-refractivity contribution in [2.75, 3.05) is 0 Å². The van der Waals surface area contributed by atoms with E-state index in [-0.39, 0.29) is 0 Å². The average Bonchev–Trinajstić information content (AvgIpc) is 2.14. The van der Waals surface area contributed by atoms with Crippen molar-refractivity contribution in [3.63, 3.8) is 0 Å². The molecule has 0 aliphatic heterocycles. The Bertz CT molecular complexity index is 123. The smallest absolute Gasteiger partial charge is 0.0445 e. The molecule has 0 aliphatic carbocycles. The van der Waals surface area contributed by atoms with Crippen LogP contribution in [0.1, 0.15) is 4.88 Å².